The largest absolute Gasteiger partial charge is 0.397 e. The van der Waals surface area contributed by atoms with E-state index in [-0.39, 0.29) is 0 Å². The van der Waals surface area contributed by atoms with E-state index in [1.54, 1.807) is 0 Å². The van der Waals surface area contributed by atoms with Crippen LogP contribution in [0.5, 0.6) is 0 Å². The van der Waals surface area contributed by atoms with Gasteiger partial charge >= 0.3 is 10.4 Å². The van der Waals surface area contributed by atoms with Crippen LogP contribution in [0.3, 0.4) is 0 Å². The van der Waals surface area contributed by atoms with Crippen molar-refractivity contribution in [2.24, 2.45) is 0 Å². The number of likely N-dealkylation sites (tertiary alicyclic amines) is 1. The van der Waals surface area contributed by atoms with Gasteiger partial charge in [0.25, 0.3) is 0 Å². The van der Waals surface area contributed by atoms with Crippen LogP contribution in [0, 0.1) is 0 Å². The van der Waals surface area contributed by atoms with Crippen LogP contribution >= 0.6 is 0 Å². The van der Waals surface area contributed by atoms with Gasteiger partial charge in [-0.1, -0.05) is 0 Å². The standard InChI is InChI=1S/C8H15NO.CH4O4S/c1-7(2)9-5-3-8(10)4-6-9;1-5-6(2,3)4/h7H,3-6H2,1-2H3;1H3,(H,2,3,4). The molecule has 1 fully saturated rings. The quantitative estimate of drug-likeness (QED) is 0.721. The van der Waals surface area contributed by atoms with Gasteiger partial charge in [0.2, 0.25) is 0 Å². The lowest BCUT2D eigenvalue weighted by Crippen LogP contribution is -2.38. The number of hydrogen-bond donors (Lipinski definition) is 1. The van der Waals surface area contributed by atoms with Crippen molar-refractivity contribution in [3.63, 3.8) is 0 Å². The summed E-state index contributed by atoms with van der Waals surface area (Å²) in [6, 6.07) is 0.605. The second kappa shape index (κ2) is 6.95. The van der Waals surface area contributed by atoms with Crippen LogP contribution in [-0.2, 0) is 19.4 Å². The lowest BCUT2D eigenvalue weighted by atomic mass is 10.1. The predicted molar refractivity (Wildman–Crippen MR) is 59.5 cm³/mol. The Labute approximate surface area is 96.5 Å². The third-order valence-electron chi connectivity index (χ3n) is 2.30. The van der Waals surface area contributed by atoms with E-state index in [1.165, 1.54) is 0 Å². The van der Waals surface area contributed by atoms with Crippen molar-refractivity contribution in [1.29, 1.82) is 0 Å². The predicted octanol–water partition coefficient (Wildman–Crippen LogP) is 0.495. The topological polar surface area (TPSA) is 83.9 Å². The summed E-state index contributed by atoms with van der Waals surface area (Å²) >= 11 is 0. The fourth-order valence-electron chi connectivity index (χ4n) is 1.29. The van der Waals surface area contributed by atoms with Gasteiger partial charge in [-0.15, -0.1) is 0 Å². The molecular formula is C9H19NO5S. The molecule has 16 heavy (non-hydrogen) atoms. The van der Waals surface area contributed by atoms with Crippen LogP contribution in [0.4, 0.5) is 0 Å². The molecule has 0 aromatic rings. The van der Waals surface area contributed by atoms with E-state index < -0.39 is 10.4 Å². The van der Waals surface area contributed by atoms with Crippen LogP contribution < -0.4 is 0 Å². The van der Waals surface area contributed by atoms with Crippen LogP contribution in [0.1, 0.15) is 26.7 Å². The number of carbonyl (C=O) groups is 1. The van der Waals surface area contributed by atoms with Crippen LogP contribution in [0.25, 0.3) is 0 Å². The molecule has 0 bridgehead atoms. The highest BCUT2D eigenvalue weighted by atomic mass is 32.3. The zero-order valence-electron chi connectivity index (χ0n) is 9.84. The average Bonchev–Trinajstić information content (AvgIpc) is 2.18. The van der Waals surface area contributed by atoms with E-state index in [1.807, 2.05) is 0 Å². The number of piperidine rings is 1. The SMILES string of the molecule is CC(C)N1CCC(=O)CC1.COS(=O)(=O)O. The van der Waals surface area contributed by atoms with Gasteiger partial charge < -0.3 is 4.90 Å². The molecule has 0 aliphatic carbocycles. The molecule has 0 aromatic carbocycles. The minimum absolute atomic E-state index is 0.428. The fourth-order valence-corrected chi connectivity index (χ4v) is 1.29. The first-order valence-corrected chi connectivity index (χ1v) is 6.41. The summed E-state index contributed by atoms with van der Waals surface area (Å²) in [4.78, 5) is 13.2. The molecule has 0 saturated carbocycles. The zero-order valence-corrected chi connectivity index (χ0v) is 10.7. The summed E-state index contributed by atoms with van der Waals surface area (Å²) in [5.41, 5.74) is 0. The molecule has 0 radical (unpaired) electrons. The number of Topliss-reactive ketones (excluding diaryl/α,β-unsaturated/α-hetero) is 1. The molecule has 1 rings (SSSR count). The maximum atomic E-state index is 10.8. The normalized spacial score (nSPS) is 18.2. The summed E-state index contributed by atoms with van der Waals surface area (Å²) in [5, 5.41) is 0. The molecule has 7 heteroatoms. The molecule has 1 saturated heterocycles. The monoisotopic (exact) mass is 253 g/mol. The Morgan fingerprint density at radius 2 is 1.69 bits per heavy atom. The molecule has 1 aliphatic rings. The Bertz CT molecular complexity index is 302. The van der Waals surface area contributed by atoms with Crippen LogP contribution in [0.2, 0.25) is 0 Å². The molecule has 0 unspecified atom stereocenters. The molecule has 6 nitrogen and oxygen atoms in total. The Kier molecular flexibility index (Phi) is 6.73. The first-order chi connectivity index (χ1) is 7.26. The number of hydrogen-bond acceptors (Lipinski definition) is 5. The van der Waals surface area contributed by atoms with E-state index in [0.717, 1.165) is 33.0 Å². The molecule has 1 aliphatic heterocycles. The highest BCUT2D eigenvalue weighted by Gasteiger charge is 2.17. The summed E-state index contributed by atoms with van der Waals surface area (Å²) in [7, 11) is -3.29. The van der Waals surface area contributed by atoms with Gasteiger partial charge in [-0.25, -0.2) is 0 Å². The maximum Gasteiger partial charge on any atom is 0.397 e. The average molecular weight is 253 g/mol. The van der Waals surface area contributed by atoms with Crippen molar-refractivity contribution >= 4 is 16.2 Å². The molecule has 96 valence electrons. The highest BCUT2D eigenvalue weighted by Crippen LogP contribution is 2.08. The van der Waals surface area contributed by atoms with Crippen molar-refractivity contribution in [1.82, 2.24) is 4.90 Å². The van der Waals surface area contributed by atoms with Crippen molar-refractivity contribution in [2.75, 3.05) is 20.2 Å². The van der Waals surface area contributed by atoms with Crippen molar-refractivity contribution in [3.8, 4) is 0 Å². The third kappa shape index (κ3) is 7.75. The summed E-state index contributed by atoms with van der Waals surface area (Å²) in [6.07, 6.45) is 1.52. The Morgan fingerprint density at radius 1 is 1.31 bits per heavy atom. The van der Waals surface area contributed by atoms with Gasteiger partial charge in [0.1, 0.15) is 5.78 Å². The van der Waals surface area contributed by atoms with E-state index in [4.69, 9.17) is 4.55 Å². The number of rotatable bonds is 2. The molecule has 1 heterocycles. The van der Waals surface area contributed by atoms with Gasteiger partial charge in [-0.3, -0.25) is 13.5 Å². The Balaban J connectivity index is 0.000000325. The van der Waals surface area contributed by atoms with Gasteiger partial charge in [0.15, 0.2) is 0 Å². The summed E-state index contributed by atoms with van der Waals surface area (Å²) in [5.74, 6) is 0.428. The second-order valence-corrected chi connectivity index (χ2v) is 4.95. The van der Waals surface area contributed by atoms with E-state index in [2.05, 4.69) is 22.9 Å². The van der Waals surface area contributed by atoms with Gasteiger partial charge in [0.05, 0.1) is 7.11 Å². The lowest BCUT2D eigenvalue weighted by molar-refractivity contribution is -0.121. The first-order valence-electron chi connectivity index (χ1n) is 5.05. The van der Waals surface area contributed by atoms with Gasteiger partial charge in [0, 0.05) is 32.0 Å². The van der Waals surface area contributed by atoms with Crippen LogP contribution in [0.15, 0.2) is 0 Å². The summed E-state index contributed by atoms with van der Waals surface area (Å²) < 4.78 is 29.7. The van der Waals surface area contributed by atoms with E-state index in [0.29, 0.717) is 11.8 Å². The Morgan fingerprint density at radius 3 is 1.94 bits per heavy atom. The lowest BCUT2D eigenvalue weighted by Gasteiger charge is -2.29. The van der Waals surface area contributed by atoms with Gasteiger partial charge in [-0.05, 0) is 13.8 Å². The number of nitrogens with zero attached hydrogens (tertiary/aromatic N) is 1. The third-order valence-corrected chi connectivity index (χ3v) is 2.72. The zero-order chi connectivity index (χ0) is 12.8. The first kappa shape index (κ1) is 15.5. The number of carbonyl (C=O) groups excluding carboxylic acids is 1. The van der Waals surface area contributed by atoms with E-state index in [9.17, 15) is 13.2 Å². The van der Waals surface area contributed by atoms with Crippen molar-refractivity contribution < 1.29 is 21.9 Å². The van der Waals surface area contributed by atoms with E-state index >= 15 is 0 Å². The Hall–Kier alpha value is -0.500. The molecule has 0 amide bonds. The second-order valence-electron chi connectivity index (χ2n) is 3.76. The molecule has 0 spiro atoms. The molecule has 0 aromatic heterocycles. The highest BCUT2D eigenvalue weighted by molar-refractivity contribution is 7.80. The molecule has 0 atom stereocenters. The van der Waals surface area contributed by atoms with Crippen molar-refractivity contribution in [3.05, 3.63) is 0 Å². The summed E-state index contributed by atoms with van der Waals surface area (Å²) in [6.45, 7) is 6.29. The van der Waals surface area contributed by atoms with Gasteiger partial charge in [-0.2, -0.15) is 8.42 Å². The smallest absolute Gasteiger partial charge is 0.300 e. The number of ketones is 1. The minimum atomic E-state index is -4.16. The fraction of sp³-hybridized carbons (Fsp3) is 0.889. The van der Waals surface area contributed by atoms with Crippen LogP contribution in [-0.4, -0.2) is 49.9 Å². The maximum absolute atomic E-state index is 10.8. The molecular weight excluding hydrogens is 234 g/mol. The van der Waals surface area contributed by atoms with Crippen molar-refractivity contribution in [2.45, 2.75) is 32.7 Å². The molecule has 1 N–H and O–H groups in total. The minimum Gasteiger partial charge on any atom is -0.300 e.